The third-order valence-corrected chi connectivity index (χ3v) is 4.66. The van der Waals surface area contributed by atoms with Crippen LogP contribution < -0.4 is 24.3 Å². The Morgan fingerprint density at radius 1 is 1.06 bits per heavy atom. The van der Waals surface area contributed by atoms with E-state index >= 15 is 0 Å². The average molecular weight is 450 g/mol. The summed E-state index contributed by atoms with van der Waals surface area (Å²) in [6.07, 6.45) is 4.34. The van der Waals surface area contributed by atoms with E-state index in [1.54, 1.807) is 23.1 Å². The van der Waals surface area contributed by atoms with Gasteiger partial charge >= 0.3 is 6.09 Å². The quantitative estimate of drug-likeness (QED) is 0.547. The van der Waals surface area contributed by atoms with E-state index in [0.717, 1.165) is 0 Å². The van der Waals surface area contributed by atoms with Crippen molar-refractivity contribution in [2.24, 2.45) is 0 Å². The molecule has 32 heavy (non-hydrogen) atoms. The molecule has 0 aromatic heterocycles. The number of carbonyl (C=O) groups is 2. The summed E-state index contributed by atoms with van der Waals surface area (Å²) in [5, 5.41) is 2.63. The maximum atomic E-state index is 12.1. The number of carbonyl (C=O) groups excluding carboxylic acids is 2. The molecule has 0 saturated heterocycles. The van der Waals surface area contributed by atoms with Gasteiger partial charge in [-0.05, 0) is 6.08 Å². The molecular formula is C22H30N2O8. The number of allylic oxidation sites excluding steroid dienone is 2. The fourth-order valence-corrected chi connectivity index (χ4v) is 2.93. The lowest BCUT2D eigenvalue weighted by Gasteiger charge is -2.25. The fraction of sp³-hybridized carbons (Fsp3) is 0.455. The summed E-state index contributed by atoms with van der Waals surface area (Å²) in [5.74, 6) is 1.75. The first kappa shape index (κ1) is 24.9. The number of nitrogens with zero attached hydrogens (tertiary/aromatic N) is 1. The number of amides is 2. The number of ether oxygens (including phenoxy) is 6. The minimum absolute atomic E-state index is 0.0257. The molecule has 10 heteroatoms. The molecule has 2 rings (SSSR count). The van der Waals surface area contributed by atoms with Crippen LogP contribution >= 0.6 is 0 Å². The van der Waals surface area contributed by atoms with E-state index in [4.69, 9.17) is 28.4 Å². The van der Waals surface area contributed by atoms with Crippen molar-refractivity contribution in [3.8, 4) is 23.0 Å². The molecule has 2 amide bonds. The van der Waals surface area contributed by atoms with Crippen LogP contribution in [0.15, 0.2) is 36.1 Å². The molecule has 0 aliphatic carbocycles. The molecule has 1 aromatic carbocycles. The van der Waals surface area contributed by atoms with E-state index in [-0.39, 0.29) is 25.7 Å². The monoisotopic (exact) mass is 450 g/mol. The van der Waals surface area contributed by atoms with Gasteiger partial charge < -0.3 is 38.6 Å². The zero-order chi connectivity index (χ0) is 23.5. The zero-order valence-corrected chi connectivity index (χ0v) is 19.0. The summed E-state index contributed by atoms with van der Waals surface area (Å²) in [4.78, 5) is 25.3. The summed E-state index contributed by atoms with van der Waals surface area (Å²) in [6, 6.07) is 3.32. The van der Waals surface area contributed by atoms with Gasteiger partial charge in [0.1, 0.15) is 25.1 Å². The smallest absolute Gasteiger partial charge is 0.407 e. The van der Waals surface area contributed by atoms with Crippen molar-refractivity contribution in [3.63, 3.8) is 0 Å². The van der Waals surface area contributed by atoms with Gasteiger partial charge in [-0.1, -0.05) is 12.2 Å². The highest BCUT2D eigenvalue weighted by molar-refractivity contribution is 5.76. The number of hydrogen-bond acceptors (Lipinski definition) is 8. The summed E-state index contributed by atoms with van der Waals surface area (Å²) >= 11 is 0. The lowest BCUT2D eigenvalue weighted by Crippen LogP contribution is -2.38. The van der Waals surface area contributed by atoms with Gasteiger partial charge in [0.2, 0.25) is 11.7 Å². The first-order valence-corrected chi connectivity index (χ1v) is 9.93. The van der Waals surface area contributed by atoms with Gasteiger partial charge in [-0.25, -0.2) is 4.79 Å². The lowest BCUT2D eigenvalue weighted by molar-refractivity contribution is -0.126. The average Bonchev–Trinajstić information content (AvgIpc) is 2.81. The minimum atomic E-state index is -0.626. The van der Waals surface area contributed by atoms with E-state index in [2.05, 4.69) is 5.32 Å². The molecule has 0 saturated carbocycles. The summed E-state index contributed by atoms with van der Waals surface area (Å²) in [5.41, 5.74) is 0.686. The van der Waals surface area contributed by atoms with Crippen molar-refractivity contribution < 1.29 is 38.0 Å². The van der Waals surface area contributed by atoms with Gasteiger partial charge in [-0.3, -0.25) is 4.79 Å². The number of rotatable bonds is 11. The SMILES string of the molecule is COc1cc(OCC(COC(=O)NCC2=CC=CCN2C(C)=O)OC)cc(OC)c1OC. The predicted molar refractivity (Wildman–Crippen MR) is 116 cm³/mol. The van der Waals surface area contributed by atoms with Crippen molar-refractivity contribution in [1.29, 1.82) is 0 Å². The molecule has 0 bridgehead atoms. The second-order valence-electron chi connectivity index (χ2n) is 6.70. The standard InChI is InChI=1S/C22H30N2O8/c1-15(25)24-9-7-6-8-16(24)12-23-22(26)32-14-18(27-2)13-31-17-10-19(28-3)21(30-5)20(11-17)29-4/h6-8,10-11,18H,9,12-14H2,1-5H3,(H,23,26). The van der Waals surface area contributed by atoms with Crippen LogP contribution in [0.2, 0.25) is 0 Å². The molecule has 176 valence electrons. The maximum Gasteiger partial charge on any atom is 0.407 e. The van der Waals surface area contributed by atoms with Crippen LogP contribution in [-0.4, -0.2) is 77.7 Å². The fourth-order valence-electron chi connectivity index (χ4n) is 2.93. The summed E-state index contributed by atoms with van der Waals surface area (Å²) < 4.78 is 32.2. The molecule has 0 fully saturated rings. The Bertz CT molecular complexity index is 827. The topological polar surface area (TPSA) is 105 Å². The van der Waals surface area contributed by atoms with E-state index in [0.29, 0.717) is 35.2 Å². The van der Waals surface area contributed by atoms with Crippen molar-refractivity contribution in [1.82, 2.24) is 10.2 Å². The molecule has 1 N–H and O–H groups in total. The number of hydrogen-bond donors (Lipinski definition) is 1. The van der Waals surface area contributed by atoms with Crippen LogP contribution in [0.4, 0.5) is 4.79 Å². The first-order valence-electron chi connectivity index (χ1n) is 9.93. The van der Waals surface area contributed by atoms with Crippen molar-refractivity contribution >= 4 is 12.0 Å². The van der Waals surface area contributed by atoms with Crippen LogP contribution in [0.25, 0.3) is 0 Å². The predicted octanol–water partition coefficient (Wildman–Crippen LogP) is 2.13. The Morgan fingerprint density at radius 2 is 1.75 bits per heavy atom. The van der Waals surface area contributed by atoms with Gasteiger partial charge in [0, 0.05) is 38.4 Å². The second-order valence-corrected chi connectivity index (χ2v) is 6.70. The van der Waals surface area contributed by atoms with Gasteiger partial charge in [-0.2, -0.15) is 0 Å². The van der Waals surface area contributed by atoms with Gasteiger partial charge in [0.25, 0.3) is 0 Å². The summed E-state index contributed by atoms with van der Waals surface area (Å²) in [7, 11) is 6.04. The Labute approximate surface area is 187 Å². The van der Waals surface area contributed by atoms with Crippen LogP contribution in [0.3, 0.4) is 0 Å². The number of alkyl carbamates (subject to hydrolysis) is 1. The van der Waals surface area contributed by atoms with Crippen LogP contribution in [0.1, 0.15) is 6.92 Å². The van der Waals surface area contributed by atoms with E-state index in [1.165, 1.54) is 35.4 Å². The zero-order valence-electron chi connectivity index (χ0n) is 19.0. The van der Waals surface area contributed by atoms with Gasteiger partial charge in [0.05, 0.1) is 27.9 Å². The Hall–Kier alpha value is -3.40. The summed E-state index contributed by atoms with van der Waals surface area (Å²) in [6.45, 7) is 2.21. The molecule has 1 heterocycles. The normalized spacial score (nSPS) is 13.7. The first-order chi connectivity index (χ1) is 15.4. The largest absolute Gasteiger partial charge is 0.493 e. The maximum absolute atomic E-state index is 12.1. The van der Waals surface area contributed by atoms with Crippen LogP contribution in [0.5, 0.6) is 23.0 Å². The highest BCUT2D eigenvalue weighted by atomic mass is 16.6. The Balaban J connectivity index is 1.85. The molecule has 0 radical (unpaired) electrons. The third kappa shape index (κ3) is 6.81. The molecule has 1 atom stereocenters. The second kappa shape index (κ2) is 12.5. The van der Waals surface area contributed by atoms with E-state index in [9.17, 15) is 9.59 Å². The van der Waals surface area contributed by atoms with Crippen molar-refractivity contribution in [2.45, 2.75) is 13.0 Å². The minimum Gasteiger partial charge on any atom is -0.493 e. The van der Waals surface area contributed by atoms with Gasteiger partial charge in [-0.15, -0.1) is 0 Å². The highest BCUT2D eigenvalue weighted by Crippen LogP contribution is 2.40. The number of methoxy groups -OCH3 is 4. The number of nitrogens with one attached hydrogen (secondary N) is 1. The van der Waals surface area contributed by atoms with Crippen LogP contribution in [0, 0.1) is 0 Å². The molecule has 1 unspecified atom stereocenters. The van der Waals surface area contributed by atoms with E-state index < -0.39 is 12.2 Å². The van der Waals surface area contributed by atoms with Crippen molar-refractivity contribution in [3.05, 3.63) is 36.1 Å². The number of benzene rings is 1. The molecule has 1 aliphatic rings. The lowest BCUT2D eigenvalue weighted by atomic mass is 10.2. The highest BCUT2D eigenvalue weighted by Gasteiger charge is 2.18. The molecule has 0 spiro atoms. The van der Waals surface area contributed by atoms with Gasteiger partial charge in [0.15, 0.2) is 11.5 Å². The molecular weight excluding hydrogens is 420 g/mol. The third-order valence-electron chi connectivity index (χ3n) is 4.66. The van der Waals surface area contributed by atoms with Crippen molar-refractivity contribution in [2.75, 3.05) is 54.7 Å². The van der Waals surface area contributed by atoms with E-state index in [1.807, 2.05) is 12.2 Å². The van der Waals surface area contributed by atoms with Crippen LogP contribution in [-0.2, 0) is 14.3 Å². The molecule has 1 aliphatic heterocycles. The molecule has 10 nitrogen and oxygen atoms in total. The molecule has 1 aromatic rings. The Morgan fingerprint density at radius 3 is 2.31 bits per heavy atom. The Kier molecular flexibility index (Phi) is 9.68.